The maximum absolute atomic E-state index is 11.5. The molecule has 1 N–H and O–H groups in total. The highest BCUT2D eigenvalue weighted by Crippen LogP contribution is 2.34. The van der Waals surface area contributed by atoms with Crippen LogP contribution in [0.25, 0.3) is 11.3 Å². The minimum atomic E-state index is -1.15. The monoisotopic (exact) mass is 363 g/mol. The second-order valence-corrected chi connectivity index (χ2v) is 6.28. The Hall–Kier alpha value is -3.18. The van der Waals surface area contributed by atoms with Gasteiger partial charge < -0.3 is 14.4 Å². The fourth-order valence-electron chi connectivity index (χ4n) is 2.73. The van der Waals surface area contributed by atoms with Crippen LogP contribution in [0.4, 0.5) is 0 Å². The molecule has 0 spiro atoms. The number of hydrogen-bond donors (Lipinski definition) is 1. The van der Waals surface area contributed by atoms with E-state index >= 15 is 0 Å². The minimum Gasteiger partial charge on any atom is -0.489 e. The molecule has 0 aliphatic carbocycles. The summed E-state index contributed by atoms with van der Waals surface area (Å²) in [6.45, 7) is 7.20. The molecule has 1 aromatic heterocycles. The highest BCUT2D eigenvalue weighted by molar-refractivity contribution is 5.94. The zero-order valence-corrected chi connectivity index (χ0v) is 15.3. The van der Waals surface area contributed by atoms with Gasteiger partial charge in [0.1, 0.15) is 29.9 Å². The minimum absolute atomic E-state index is 0.102. The number of rotatable bonds is 7. The molecule has 3 rings (SSSR count). The molecule has 0 fully saturated rings. The molecule has 0 saturated heterocycles. The molecule has 0 radical (unpaired) electrons. The van der Waals surface area contributed by atoms with Gasteiger partial charge in [-0.15, -0.1) is 0 Å². The van der Waals surface area contributed by atoms with Crippen LogP contribution >= 0.6 is 0 Å². The lowest BCUT2D eigenvalue weighted by molar-refractivity contribution is -0.114. The highest BCUT2D eigenvalue weighted by atomic mass is 16.5. The van der Waals surface area contributed by atoms with E-state index in [0.717, 1.165) is 16.9 Å². The van der Waals surface area contributed by atoms with Gasteiger partial charge in [-0.3, -0.25) is 4.79 Å². The number of aliphatic hydroxyl groups excluding tert-OH is 1. The number of carbonyl (C=O) groups is 1. The van der Waals surface area contributed by atoms with Gasteiger partial charge in [-0.05, 0) is 43.7 Å². The van der Waals surface area contributed by atoms with Crippen molar-refractivity contribution in [2.24, 2.45) is 0 Å². The van der Waals surface area contributed by atoms with E-state index in [1.807, 2.05) is 54.6 Å². The molecule has 0 bridgehead atoms. The van der Waals surface area contributed by atoms with Crippen LogP contribution in [0.15, 0.2) is 71.3 Å². The summed E-state index contributed by atoms with van der Waals surface area (Å²) >= 11 is 0. The molecular formula is C22H21NO4. The molecule has 1 heterocycles. The molecule has 5 heteroatoms. The van der Waals surface area contributed by atoms with Gasteiger partial charge in [-0.25, -0.2) is 0 Å². The lowest BCUT2D eigenvalue weighted by atomic mass is 9.96. The average molecular weight is 363 g/mol. The van der Waals surface area contributed by atoms with Gasteiger partial charge in [0.2, 0.25) is 0 Å². The van der Waals surface area contributed by atoms with Crippen LogP contribution < -0.4 is 4.74 Å². The molecular weight excluding hydrogens is 342 g/mol. The van der Waals surface area contributed by atoms with Crippen molar-refractivity contribution in [1.29, 1.82) is 0 Å². The van der Waals surface area contributed by atoms with Crippen LogP contribution in [0.2, 0.25) is 0 Å². The lowest BCUT2D eigenvalue weighted by Gasteiger charge is -2.12. The highest BCUT2D eigenvalue weighted by Gasteiger charge is 2.25. The fraction of sp³-hybridized carbons (Fsp3) is 0.182. The normalized spacial score (nSPS) is 11.8. The molecule has 27 heavy (non-hydrogen) atoms. The quantitative estimate of drug-likeness (QED) is 0.630. The number of hydrogen-bond acceptors (Lipinski definition) is 5. The van der Waals surface area contributed by atoms with E-state index in [-0.39, 0.29) is 11.4 Å². The third-order valence-electron chi connectivity index (χ3n) is 4.34. The van der Waals surface area contributed by atoms with Crippen LogP contribution in [-0.4, -0.2) is 16.0 Å². The predicted molar refractivity (Wildman–Crippen MR) is 102 cm³/mol. The van der Waals surface area contributed by atoms with Gasteiger partial charge in [0.05, 0.1) is 5.56 Å². The fourth-order valence-corrected chi connectivity index (χ4v) is 2.73. The Morgan fingerprint density at radius 3 is 2.48 bits per heavy atom. The van der Waals surface area contributed by atoms with Crippen LogP contribution in [0, 0.1) is 6.92 Å². The summed E-state index contributed by atoms with van der Waals surface area (Å²) in [5, 5.41) is 14.5. The Labute approximate surface area is 157 Å². The number of nitrogens with zero attached hydrogens (tertiary/aromatic N) is 1. The molecule has 1 unspecified atom stereocenters. The summed E-state index contributed by atoms with van der Waals surface area (Å²) in [6.07, 6.45) is -1.15. The number of benzene rings is 2. The van der Waals surface area contributed by atoms with Gasteiger partial charge in [0, 0.05) is 11.1 Å². The van der Waals surface area contributed by atoms with Crippen LogP contribution in [0.1, 0.15) is 29.9 Å². The van der Waals surface area contributed by atoms with Gasteiger partial charge in [0.15, 0.2) is 5.78 Å². The third kappa shape index (κ3) is 4.15. The first kappa shape index (κ1) is 18.6. The Morgan fingerprint density at radius 1 is 1.19 bits per heavy atom. The smallest absolute Gasteiger partial charge is 0.158 e. The summed E-state index contributed by atoms with van der Waals surface area (Å²) in [5.74, 6) is 0.890. The molecule has 3 aromatic rings. The van der Waals surface area contributed by atoms with Crippen molar-refractivity contribution in [3.63, 3.8) is 0 Å². The zero-order valence-electron chi connectivity index (χ0n) is 15.3. The van der Waals surface area contributed by atoms with E-state index in [1.54, 1.807) is 6.92 Å². The molecule has 138 valence electrons. The van der Waals surface area contributed by atoms with E-state index in [0.29, 0.717) is 23.6 Å². The number of aliphatic hydroxyl groups is 1. The topological polar surface area (TPSA) is 72.6 Å². The Bertz CT molecular complexity index is 942. The summed E-state index contributed by atoms with van der Waals surface area (Å²) in [5.41, 5.74) is 2.88. The number of carbonyl (C=O) groups excluding carboxylic acids is 1. The number of Topliss-reactive ketones (excluding diaryl/α,β-unsaturated/α-hetero) is 1. The van der Waals surface area contributed by atoms with E-state index in [9.17, 15) is 9.90 Å². The van der Waals surface area contributed by atoms with Crippen molar-refractivity contribution in [3.8, 4) is 17.0 Å². The van der Waals surface area contributed by atoms with Crippen molar-refractivity contribution < 1.29 is 19.2 Å². The first-order valence-corrected chi connectivity index (χ1v) is 8.58. The van der Waals surface area contributed by atoms with Gasteiger partial charge in [-0.1, -0.05) is 42.1 Å². The Kier molecular flexibility index (Phi) is 5.52. The molecule has 0 aliphatic heterocycles. The van der Waals surface area contributed by atoms with Crippen LogP contribution in [0.5, 0.6) is 5.75 Å². The largest absolute Gasteiger partial charge is 0.489 e. The Balaban J connectivity index is 1.79. The predicted octanol–water partition coefficient (Wildman–Crippen LogP) is 4.41. The second kappa shape index (κ2) is 8.01. The van der Waals surface area contributed by atoms with Crippen molar-refractivity contribution in [2.45, 2.75) is 26.6 Å². The number of ether oxygens (including phenoxy) is 1. The molecule has 1 atom stereocenters. The molecule has 2 aromatic carbocycles. The van der Waals surface area contributed by atoms with Crippen LogP contribution in [0.3, 0.4) is 0 Å². The SMILES string of the molecule is C=C(C(C)=O)C(O)c1c(-c2ccc(OCc3ccccc3)cc2)noc1C. The van der Waals surface area contributed by atoms with E-state index in [1.165, 1.54) is 6.92 Å². The first-order valence-electron chi connectivity index (χ1n) is 8.58. The van der Waals surface area contributed by atoms with E-state index in [2.05, 4.69) is 11.7 Å². The van der Waals surface area contributed by atoms with Gasteiger partial charge in [0.25, 0.3) is 0 Å². The molecule has 0 aliphatic rings. The van der Waals surface area contributed by atoms with Gasteiger partial charge >= 0.3 is 0 Å². The van der Waals surface area contributed by atoms with E-state index in [4.69, 9.17) is 9.26 Å². The van der Waals surface area contributed by atoms with E-state index < -0.39 is 6.10 Å². The van der Waals surface area contributed by atoms with Crippen molar-refractivity contribution >= 4 is 5.78 Å². The second-order valence-electron chi connectivity index (χ2n) is 6.28. The maximum Gasteiger partial charge on any atom is 0.158 e. The van der Waals surface area contributed by atoms with Crippen molar-refractivity contribution in [1.82, 2.24) is 5.16 Å². The summed E-state index contributed by atoms with van der Waals surface area (Å²) in [7, 11) is 0. The third-order valence-corrected chi connectivity index (χ3v) is 4.34. The van der Waals surface area contributed by atoms with Crippen molar-refractivity contribution in [2.75, 3.05) is 0 Å². The van der Waals surface area contributed by atoms with Crippen molar-refractivity contribution in [3.05, 3.63) is 83.6 Å². The molecule has 5 nitrogen and oxygen atoms in total. The lowest BCUT2D eigenvalue weighted by Crippen LogP contribution is -2.09. The zero-order chi connectivity index (χ0) is 19.4. The summed E-state index contributed by atoms with van der Waals surface area (Å²) in [6, 6.07) is 17.2. The standard InChI is InChI=1S/C22H21NO4/c1-14(15(2)24)22(25)20-16(3)27-23-21(20)18-9-11-19(12-10-18)26-13-17-7-5-4-6-8-17/h4-12,22,25H,1,13H2,2-3H3. The van der Waals surface area contributed by atoms with Crippen LogP contribution in [-0.2, 0) is 11.4 Å². The maximum atomic E-state index is 11.5. The number of aryl methyl sites for hydroxylation is 1. The summed E-state index contributed by atoms with van der Waals surface area (Å²) in [4.78, 5) is 11.5. The number of aromatic nitrogens is 1. The average Bonchev–Trinajstić information content (AvgIpc) is 3.07. The number of ketones is 1. The van der Waals surface area contributed by atoms with Gasteiger partial charge in [-0.2, -0.15) is 0 Å². The summed E-state index contributed by atoms with van der Waals surface area (Å²) < 4.78 is 11.0. The Morgan fingerprint density at radius 2 is 1.85 bits per heavy atom. The molecule has 0 saturated carbocycles. The first-order chi connectivity index (χ1) is 13.0. The molecule has 0 amide bonds.